The number of nitrogens with zero attached hydrogens (tertiary/aromatic N) is 5. The molecule has 2 aliphatic rings. The van der Waals surface area contributed by atoms with Crippen LogP contribution >= 0.6 is 0 Å². The second-order valence-electron chi connectivity index (χ2n) is 7.72. The second-order valence-corrected chi connectivity index (χ2v) is 7.72. The molecular weight excluding hydrogens is 384 g/mol. The van der Waals surface area contributed by atoms with E-state index < -0.39 is 0 Å². The predicted molar refractivity (Wildman–Crippen MR) is 109 cm³/mol. The van der Waals surface area contributed by atoms with Crippen molar-refractivity contribution in [3.63, 3.8) is 0 Å². The maximum atomic E-state index is 12.9. The minimum absolute atomic E-state index is 0.0216. The number of hydrogen-bond donors (Lipinski definition) is 1. The molecule has 0 saturated carbocycles. The third-order valence-electron chi connectivity index (χ3n) is 5.65. The number of benzene rings is 1. The molecule has 1 saturated heterocycles. The van der Waals surface area contributed by atoms with Gasteiger partial charge in [0.1, 0.15) is 5.69 Å². The fourth-order valence-corrected chi connectivity index (χ4v) is 3.96. The molecule has 5 rings (SSSR count). The SMILES string of the molecule is Cc1nn(C)cc1CN1CCN(C(=O)c2cc(-c3ccc4c(c3)OCO4)n[nH]2)CC1. The summed E-state index contributed by atoms with van der Waals surface area (Å²) < 4.78 is 12.6. The van der Waals surface area contributed by atoms with Crippen molar-refractivity contribution in [3.8, 4) is 22.8 Å². The highest BCUT2D eigenvalue weighted by atomic mass is 16.7. The van der Waals surface area contributed by atoms with E-state index in [4.69, 9.17) is 9.47 Å². The van der Waals surface area contributed by atoms with Crippen molar-refractivity contribution in [2.75, 3.05) is 33.0 Å². The highest BCUT2D eigenvalue weighted by Gasteiger charge is 2.24. The minimum Gasteiger partial charge on any atom is -0.454 e. The smallest absolute Gasteiger partial charge is 0.271 e. The van der Waals surface area contributed by atoms with Crippen molar-refractivity contribution in [1.82, 2.24) is 29.8 Å². The molecule has 156 valence electrons. The van der Waals surface area contributed by atoms with Crippen LogP contribution in [-0.2, 0) is 13.6 Å². The van der Waals surface area contributed by atoms with Gasteiger partial charge in [0.25, 0.3) is 5.91 Å². The third-order valence-corrected chi connectivity index (χ3v) is 5.65. The van der Waals surface area contributed by atoms with E-state index in [1.807, 2.05) is 41.8 Å². The lowest BCUT2D eigenvalue weighted by Crippen LogP contribution is -2.48. The molecule has 9 nitrogen and oxygen atoms in total. The zero-order chi connectivity index (χ0) is 20.7. The molecule has 0 unspecified atom stereocenters. The van der Waals surface area contributed by atoms with Crippen molar-refractivity contribution in [1.29, 1.82) is 0 Å². The summed E-state index contributed by atoms with van der Waals surface area (Å²) in [5, 5.41) is 11.6. The summed E-state index contributed by atoms with van der Waals surface area (Å²) in [6.07, 6.45) is 2.06. The van der Waals surface area contributed by atoms with Gasteiger partial charge in [0.05, 0.1) is 11.4 Å². The molecule has 0 aliphatic carbocycles. The van der Waals surface area contributed by atoms with E-state index in [1.54, 1.807) is 6.07 Å². The Kier molecular flexibility index (Phi) is 4.66. The molecule has 30 heavy (non-hydrogen) atoms. The summed E-state index contributed by atoms with van der Waals surface area (Å²) in [6, 6.07) is 7.45. The van der Waals surface area contributed by atoms with E-state index in [9.17, 15) is 4.79 Å². The molecule has 2 aromatic heterocycles. The maximum absolute atomic E-state index is 12.9. The van der Waals surface area contributed by atoms with Crippen molar-refractivity contribution in [2.45, 2.75) is 13.5 Å². The number of hydrogen-bond acceptors (Lipinski definition) is 6. The summed E-state index contributed by atoms with van der Waals surface area (Å²) in [5.41, 5.74) is 4.39. The van der Waals surface area contributed by atoms with Gasteiger partial charge in [0.2, 0.25) is 6.79 Å². The fourth-order valence-electron chi connectivity index (χ4n) is 3.96. The average molecular weight is 408 g/mol. The third kappa shape index (κ3) is 3.52. The molecule has 1 N–H and O–H groups in total. The lowest BCUT2D eigenvalue weighted by Gasteiger charge is -2.34. The summed E-state index contributed by atoms with van der Waals surface area (Å²) in [6.45, 7) is 6.18. The number of ether oxygens (including phenoxy) is 2. The first kappa shape index (κ1) is 18.7. The molecule has 9 heteroatoms. The molecule has 2 aliphatic heterocycles. The van der Waals surface area contributed by atoms with Crippen LogP contribution in [-0.4, -0.2) is 68.7 Å². The van der Waals surface area contributed by atoms with E-state index in [-0.39, 0.29) is 12.7 Å². The number of carbonyl (C=O) groups excluding carboxylic acids is 1. The van der Waals surface area contributed by atoms with Crippen molar-refractivity contribution in [3.05, 3.63) is 47.4 Å². The van der Waals surface area contributed by atoms with Gasteiger partial charge < -0.3 is 14.4 Å². The summed E-state index contributed by atoms with van der Waals surface area (Å²) in [7, 11) is 1.94. The zero-order valence-electron chi connectivity index (χ0n) is 17.1. The van der Waals surface area contributed by atoms with Crippen LogP contribution in [0.2, 0.25) is 0 Å². The largest absolute Gasteiger partial charge is 0.454 e. The van der Waals surface area contributed by atoms with Crippen LogP contribution in [0.15, 0.2) is 30.5 Å². The van der Waals surface area contributed by atoms with Crippen LogP contribution in [0.3, 0.4) is 0 Å². The van der Waals surface area contributed by atoms with Gasteiger partial charge in [-0.3, -0.25) is 19.5 Å². The molecule has 1 aromatic carbocycles. The maximum Gasteiger partial charge on any atom is 0.271 e. The number of aryl methyl sites for hydroxylation is 2. The van der Waals surface area contributed by atoms with E-state index in [2.05, 4.69) is 26.4 Å². The molecule has 0 atom stereocenters. The van der Waals surface area contributed by atoms with Gasteiger partial charge in [-0.15, -0.1) is 0 Å². The summed E-state index contributed by atoms with van der Waals surface area (Å²) in [4.78, 5) is 17.2. The number of carbonyl (C=O) groups is 1. The normalized spacial score (nSPS) is 16.3. The first-order valence-corrected chi connectivity index (χ1v) is 10.0. The fraction of sp³-hybridized carbons (Fsp3) is 0.381. The van der Waals surface area contributed by atoms with E-state index in [1.165, 1.54) is 5.56 Å². The molecular formula is C21H24N6O3. The van der Waals surface area contributed by atoms with Crippen LogP contribution in [0.1, 0.15) is 21.7 Å². The molecule has 0 radical (unpaired) electrons. The van der Waals surface area contributed by atoms with E-state index >= 15 is 0 Å². The van der Waals surface area contributed by atoms with Gasteiger partial charge in [0.15, 0.2) is 11.5 Å². The minimum atomic E-state index is -0.0216. The number of amides is 1. The number of aromatic nitrogens is 4. The Morgan fingerprint density at radius 2 is 1.93 bits per heavy atom. The van der Waals surface area contributed by atoms with Gasteiger partial charge in [-0.2, -0.15) is 10.2 Å². The van der Waals surface area contributed by atoms with Crippen LogP contribution in [0.25, 0.3) is 11.3 Å². The van der Waals surface area contributed by atoms with Crippen molar-refractivity contribution >= 4 is 5.91 Å². The Morgan fingerprint density at radius 3 is 2.70 bits per heavy atom. The first-order valence-electron chi connectivity index (χ1n) is 10.0. The zero-order valence-corrected chi connectivity index (χ0v) is 17.1. The molecule has 4 heterocycles. The highest BCUT2D eigenvalue weighted by Crippen LogP contribution is 2.35. The lowest BCUT2D eigenvalue weighted by atomic mass is 10.1. The Labute approximate surface area is 174 Å². The van der Waals surface area contributed by atoms with E-state index in [0.717, 1.165) is 36.6 Å². The van der Waals surface area contributed by atoms with Gasteiger partial charge >= 0.3 is 0 Å². The second kappa shape index (κ2) is 7.49. The van der Waals surface area contributed by atoms with Crippen LogP contribution < -0.4 is 9.47 Å². The first-order chi connectivity index (χ1) is 14.6. The molecule has 0 spiro atoms. The Bertz CT molecular complexity index is 1080. The quantitative estimate of drug-likeness (QED) is 0.708. The van der Waals surface area contributed by atoms with Gasteiger partial charge in [0, 0.05) is 57.1 Å². The molecule has 1 fully saturated rings. The Balaban J connectivity index is 1.22. The van der Waals surface area contributed by atoms with Gasteiger partial charge in [-0.1, -0.05) is 0 Å². The predicted octanol–water partition coefficient (Wildman–Crippen LogP) is 1.81. The number of rotatable bonds is 4. The number of fused-ring (bicyclic) bond motifs is 1. The van der Waals surface area contributed by atoms with E-state index in [0.29, 0.717) is 30.2 Å². The number of H-pyrrole nitrogens is 1. The van der Waals surface area contributed by atoms with Gasteiger partial charge in [-0.05, 0) is 31.2 Å². The van der Waals surface area contributed by atoms with Crippen LogP contribution in [0, 0.1) is 6.92 Å². The molecule has 3 aromatic rings. The Morgan fingerprint density at radius 1 is 1.13 bits per heavy atom. The Hall–Kier alpha value is -3.33. The van der Waals surface area contributed by atoms with Crippen LogP contribution in [0.4, 0.5) is 0 Å². The van der Waals surface area contributed by atoms with Crippen LogP contribution in [0.5, 0.6) is 11.5 Å². The topological polar surface area (TPSA) is 88.5 Å². The number of piperazine rings is 1. The summed E-state index contributed by atoms with van der Waals surface area (Å²) in [5.74, 6) is 1.40. The van der Waals surface area contributed by atoms with Crippen molar-refractivity contribution < 1.29 is 14.3 Å². The average Bonchev–Trinajstić information content (AvgIpc) is 3.48. The summed E-state index contributed by atoms with van der Waals surface area (Å²) >= 11 is 0. The monoisotopic (exact) mass is 408 g/mol. The highest BCUT2D eigenvalue weighted by molar-refractivity contribution is 5.93. The molecule has 1 amide bonds. The number of aromatic amines is 1. The number of nitrogens with one attached hydrogen (secondary N) is 1. The van der Waals surface area contributed by atoms with Crippen molar-refractivity contribution in [2.24, 2.45) is 7.05 Å². The molecule has 0 bridgehead atoms. The lowest BCUT2D eigenvalue weighted by molar-refractivity contribution is 0.0622. The standard InChI is InChI=1S/C21H24N6O3/c1-14-16(11-25(2)24-14)12-26-5-7-27(8-6-26)21(28)18-10-17(22-23-18)15-3-4-19-20(9-15)30-13-29-19/h3-4,9-11H,5-8,12-13H2,1-2H3,(H,22,23). The van der Waals surface area contributed by atoms with Gasteiger partial charge in [-0.25, -0.2) is 0 Å².